The summed E-state index contributed by atoms with van der Waals surface area (Å²) in [6.07, 6.45) is 1.08. The molecule has 0 aromatic heterocycles. The van der Waals surface area contributed by atoms with Crippen LogP contribution in [0.2, 0.25) is 5.02 Å². The molecule has 1 fully saturated rings. The van der Waals surface area contributed by atoms with E-state index in [1.54, 1.807) is 12.1 Å². The Labute approximate surface area is 120 Å². The standard InChI is InChI=1S/C15H23ClN2O/c1-3-11(2)15(18-8-6-17-7-9-18)13-10-12(16)4-5-14(13)19/h4-5,10-11,15,17,19H,3,6-9H2,1-2H3/t11?,15-/m1/s1. The normalized spacial score (nSPS) is 20.2. The molecule has 4 heteroatoms. The van der Waals surface area contributed by atoms with Gasteiger partial charge in [-0.3, -0.25) is 4.90 Å². The van der Waals surface area contributed by atoms with E-state index >= 15 is 0 Å². The van der Waals surface area contributed by atoms with E-state index in [9.17, 15) is 5.11 Å². The summed E-state index contributed by atoms with van der Waals surface area (Å²) < 4.78 is 0. The van der Waals surface area contributed by atoms with Crippen LogP contribution in [0.15, 0.2) is 18.2 Å². The van der Waals surface area contributed by atoms with Crippen molar-refractivity contribution in [1.82, 2.24) is 10.2 Å². The first-order valence-electron chi connectivity index (χ1n) is 7.06. The number of rotatable bonds is 4. The molecule has 2 atom stereocenters. The summed E-state index contributed by atoms with van der Waals surface area (Å²) >= 11 is 6.11. The number of halogens is 1. The van der Waals surface area contributed by atoms with Crippen molar-refractivity contribution in [3.8, 4) is 5.75 Å². The van der Waals surface area contributed by atoms with Crippen LogP contribution in [0.3, 0.4) is 0 Å². The fraction of sp³-hybridized carbons (Fsp3) is 0.600. The first-order valence-corrected chi connectivity index (χ1v) is 7.44. The Hall–Kier alpha value is -0.770. The molecule has 1 aromatic rings. The maximum Gasteiger partial charge on any atom is 0.120 e. The van der Waals surface area contributed by atoms with Crippen LogP contribution in [0.4, 0.5) is 0 Å². The molecular formula is C15H23ClN2O. The van der Waals surface area contributed by atoms with Gasteiger partial charge in [-0.15, -0.1) is 0 Å². The van der Waals surface area contributed by atoms with E-state index in [0.29, 0.717) is 16.7 Å². The third-order valence-electron chi connectivity index (χ3n) is 4.04. The molecule has 1 aliphatic rings. The average Bonchev–Trinajstić information content (AvgIpc) is 2.44. The Balaban J connectivity index is 2.33. The largest absolute Gasteiger partial charge is 0.508 e. The minimum absolute atomic E-state index is 0.241. The fourth-order valence-corrected chi connectivity index (χ4v) is 2.99. The van der Waals surface area contributed by atoms with Crippen molar-refractivity contribution < 1.29 is 5.11 Å². The molecule has 0 radical (unpaired) electrons. The summed E-state index contributed by atoms with van der Waals surface area (Å²) in [6, 6.07) is 5.60. The van der Waals surface area contributed by atoms with Crippen molar-refractivity contribution in [1.29, 1.82) is 0 Å². The molecular weight excluding hydrogens is 260 g/mol. The van der Waals surface area contributed by atoms with E-state index in [4.69, 9.17) is 11.6 Å². The highest BCUT2D eigenvalue weighted by Crippen LogP contribution is 2.37. The molecule has 106 valence electrons. The Bertz CT molecular complexity index is 419. The number of piperazine rings is 1. The third kappa shape index (κ3) is 3.41. The number of phenolic OH excluding ortho intramolecular Hbond substituents is 1. The third-order valence-corrected chi connectivity index (χ3v) is 4.27. The topological polar surface area (TPSA) is 35.5 Å². The first kappa shape index (κ1) is 14.6. The van der Waals surface area contributed by atoms with Crippen LogP contribution in [0.1, 0.15) is 31.9 Å². The Kier molecular flexibility index (Phi) is 5.08. The van der Waals surface area contributed by atoms with Crippen LogP contribution in [-0.2, 0) is 0 Å². The number of phenols is 1. The van der Waals surface area contributed by atoms with Crippen LogP contribution in [0.5, 0.6) is 5.75 Å². The number of hydrogen-bond donors (Lipinski definition) is 2. The summed E-state index contributed by atoms with van der Waals surface area (Å²) in [5.74, 6) is 0.843. The molecule has 3 nitrogen and oxygen atoms in total. The minimum atomic E-state index is 0.241. The van der Waals surface area contributed by atoms with E-state index < -0.39 is 0 Å². The molecule has 1 saturated heterocycles. The van der Waals surface area contributed by atoms with Crippen molar-refractivity contribution >= 4 is 11.6 Å². The van der Waals surface area contributed by atoms with Gasteiger partial charge < -0.3 is 10.4 Å². The number of hydrogen-bond acceptors (Lipinski definition) is 3. The highest BCUT2D eigenvalue weighted by Gasteiger charge is 2.28. The maximum atomic E-state index is 10.2. The van der Waals surface area contributed by atoms with Crippen LogP contribution in [0, 0.1) is 5.92 Å². The number of nitrogens with one attached hydrogen (secondary N) is 1. The highest BCUT2D eigenvalue weighted by atomic mass is 35.5. The van der Waals surface area contributed by atoms with Gasteiger partial charge in [0.2, 0.25) is 0 Å². The molecule has 0 amide bonds. The zero-order chi connectivity index (χ0) is 13.8. The number of aromatic hydroxyl groups is 1. The number of benzene rings is 1. The van der Waals surface area contributed by atoms with Crippen molar-refractivity contribution in [2.75, 3.05) is 26.2 Å². The van der Waals surface area contributed by atoms with Gasteiger partial charge >= 0.3 is 0 Å². The van der Waals surface area contributed by atoms with Crippen LogP contribution in [-0.4, -0.2) is 36.2 Å². The lowest BCUT2D eigenvalue weighted by molar-refractivity contribution is 0.126. The lowest BCUT2D eigenvalue weighted by Crippen LogP contribution is -2.46. The molecule has 2 rings (SSSR count). The van der Waals surface area contributed by atoms with Gasteiger partial charge in [0.15, 0.2) is 0 Å². The van der Waals surface area contributed by atoms with Gasteiger partial charge in [-0.1, -0.05) is 31.9 Å². The first-order chi connectivity index (χ1) is 9.13. The summed E-state index contributed by atoms with van der Waals surface area (Å²) in [7, 11) is 0. The monoisotopic (exact) mass is 282 g/mol. The van der Waals surface area contributed by atoms with Crippen LogP contribution < -0.4 is 5.32 Å². The second-order valence-electron chi connectivity index (χ2n) is 5.32. The Morgan fingerprint density at radius 1 is 1.37 bits per heavy atom. The van der Waals surface area contributed by atoms with Gasteiger partial charge in [0.25, 0.3) is 0 Å². The highest BCUT2D eigenvalue weighted by molar-refractivity contribution is 6.30. The molecule has 0 bridgehead atoms. The molecule has 1 heterocycles. The van der Waals surface area contributed by atoms with Gasteiger partial charge in [-0.25, -0.2) is 0 Å². The molecule has 19 heavy (non-hydrogen) atoms. The van der Waals surface area contributed by atoms with E-state index in [0.717, 1.165) is 38.2 Å². The van der Waals surface area contributed by atoms with E-state index in [-0.39, 0.29) is 6.04 Å². The molecule has 1 aromatic carbocycles. The molecule has 1 aliphatic heterocycles. The second-order valence-corrected chi connectivity index (χ2v) is 5.76. The van der Waals surface area contributed by atoms with Gasteiger partial charge in [-0.2, -0.15) is 0 Å². The molecule has 2 N–H and O–H groups in total. The van der Waals surface area contributed by atoms with Crippen LogP contribution in [0.25, 0.3) is 0 Å². The lowest BCUT2D eigenvalue weighted by atomic mass is 9.90. The smallest absolute Gasteiger partial charge is 0.120 e. The van der Waals surface area contributed by atoms with Gasteiger partial charge in [-0.05, 0) is 24.1 Å². The zero-order valence-corrected chi connectivity index (χ0v) is 12.5. The zero-order valence-electron chi connectivity index (χ0n) is 11.7. The quantitative estimate of drug-likeness (QED) is 0.891. The van der Waals surface area contributed by atoms with Crippen molar-refractivity contribution in [3.05, 3.63) is 28.8 Å². The summed E-state index contributed by atoms with van der Waals surface area (Å²) in [4.78, 5) is 2.45. The van der Waals surface area contributed by atoms with E-state index in [1.807, 2.05) is 6.07 Å². The average molecular weight is 283 g/mol. The summed E-state index contributed by atoms with van der Waals surface area (Å²) in [5.41, 5.74) is 0.962. The maximum absolute atomic E-state index is 10.2. The molecule has 1 unspecified atom stereocenters. The van der Waals surface area contributed by atoms with Gasteiger partial charge in [0, 0.05) is 42.8 Å². The van der Waals surface area contributed by atoms with Crippen molar-refractivity contribution in [3.63, 3.8) is 0 Å². The Morgan fingerprint density at radius 2 is 2.05 bits per heavy atom. The van der Waals surface area contributed by atoms with Crippen molar-refractivity contribution in [2.45, 2.75) is 26.3 Å². The minimum Gasteiger partial charge on any atom is -0.508 e. The summed E-state index contributed by atoms with van der Waals surface area (Å²) in [5, 5.41) is 14.2. The lowest BCUT2D eigenvalue weighted by Gasteiger charge is -2.38. The SMILES string of the molecule is CCC(C)[C@H](c1cc(Cl)ccc1O)N1CCNCC1. The second kappa shape index (κ2) is 6.60. The van der Waals surface area contributed by atoms with Crippen molar-refractivity contribution in [2.24, 2.45) is 5.92 Å². The Morgan fingerprint density at radius 3 is 2.68 bits per heavy atom. The fourth-order valence-electron chi connectivity index (χ4n) is 2.81. The molecule has 0 saturated carbocycles. The molecule has 0 spiro atoms. The van der Waals surface area contributed by atoms with E-state index in [1.165, 1.54) is 0 Å². The number of nitrogens with zero attached hydrogens (tertiary/aromatic N) is 1. The predicted molar refractivity (Wildman–Crippen MR) is 79.8 cm³/mol. The van der Waals surface area contributed by atoms with Crippen LogP contribution >= 0.6 is 11.6 Å². The van der Waals surface area contributed by atoms with Gasteiger partial charge in [0.05, 0.1) is 0 Å². The predicted octanol–water partition coefficient (Wildman–Crippen LogP) is 3.04. The van der Waals surface area contributed by atoms with Gasteiger partial charge in [0.1, 0.15) is 5.75 Å². The van der Waals surface area contributed by atoms with E-state index in [2.05, 4.69) is 24.1 Å². The molecule has 0 aliphatic carbocycles. The summed E-state index contributed by atoms with van der Waals surface area (Å²) in [6.45, 7) is 8.49.